The molecule has 4 rings (SSSR count). The molecule has 0 aromatic heterocycles. The summed E-state index contributed by atoms with van der Waals surface area (Å²) in [5, 5.41) is -0.430. The van der Waals surface area contributed by atoms with Crippen LogP contribution in [0.1, 0.15) is 47.9 Å². The third kappa shape index (κ3) is 6.67. The third-order valence-electron chi connectivity index (χ3n) is 6.67. The Bertz CT molecular complexity index is 1230. The molecule has 200 valence electrons. The van der Waals surface area contributed by atoms with Crippen molar-refractivity contribution in [2.75, 3.05) is 26.7 Å². The van der Waals surface area contributed by atoms with E-state index < -0.39 is 11.1 Å². The summed E-state index contributed by atoms with van der Waals surface area (Å²) >= 11 is 0.850. The van der Waals surface area contributed by atoms with Gasteiger partial charge >= 0.3 is 0 Å². The first-order valence-electron chi connectivity index (χ1n) is 12.9. The molecule has 2 fully saturated rings. The Hall–Kier alpha value is -3.52. The van der Waals surface area contributed by atoms with Crippen molar-refractivity contribution >= 4 is 34.9 Å². The number of allylic oxidation sites excluding steroid dienone is 1. The van der Waals surface area contributed by atoms with Crippen LogP contribution in [0.2, 0.25) is 0 Å². The summed E-state index contributed by atoms with van der Waals surface area (Å²) < 4.78 is 11.8. The molecular formula is C30H34N2O5S. The Morgan fingerprint density at radius 3 is 2.45 bits per heavy atom. The maximum absolute atomic E-state index is 13.1. The van der Waals surface area contributed by atoms with E-state index in [1.54, 1.807) is 30.2 Å². The molecule has 0 N–H and O–H groups in total. The first kappa shape index (κ1) is 27.5. The zero-order valence-corrected chi connectivity index (χ0v) is 22.9. The number of likely N-dealkylation sites (tertiary alicyclic amines) is 1. The van der Waals surface area contributed by atoms with Gasteiger partial charge in [0.1, 0.15) is 13.2 Å². The fourth-order valence-electron chi connectivity index (χ4n) is 4.57. The molecule has 0 spiro atoms. The minimum Gasteiger partial charge on any atom is -0.493 e. The summed E-state index contributed by atoms with van der Waals surface area (Å²) in [6.45, 7) is 7.41. The highest BCUT2D eigenvalue weighted by molar-refractivity contribution is 8.18. The zero-order chi connectivity index (χ0) is 27.1. The standard InChI is InChI=1S/C30H34N2O5S/c1-4-9-24-16-23(17-25(36-3)28(24)37-20-22-12-10-21(2)11-13-22)18-26-29(34)32(30(35)38-26)19-27(33)31-14-7-5-6-8-15-31/h4,10-13,16-18H,1,5-9,14-15,19-20H2,2-3H3. The number of nitrogens with zero attached hydrogens (tertiary/aromatic N) is 2. The topological polar surface area (TPSA) is 76.2 Å². The lowest BCUT2D eigenvalue weighted by Crippen LogP contribution is -2.42. The third-order valence-corrected chi connectivity index (χ3v) is 7.57. The van der Waals surface area contributed by atoms with Crippen LogP contribution in [0.3, 0.4) is 0 Å². The van der Waals surface area contributed by atoms with Gasteiger partial charge in [0.2, 0.25) is 5.91 Å². The molecule has 0 bridgehead atoms. The monoisotopic (exact) mass is 534 g/mol. The molecule has 2 aliphatic rings. The highest BCUT2D eigenvalue weighted by Crippen LogP contribution is 2.37. The maximum atomic E-state index is 13.1. The fourth-order valence-corrected chi connectivity index (χ4v) is 5.41. The van der Waals surface area contributed by atoms with E-state index in [0.717, 1.165) is 53.5 Å². The van der Waals surface area contributed by atoms with Gasteiger partial charge in [0.15, 0.2) is 11.5 Å². The van der Waals surface area contributed by atoms with Crippen molar-refractivity contribution in [1.29, 1.82) is 0 Å². The van der Waals surface area contributed by atoms with Crippen molar-refractivity contribution in [1.82, 2.24) is 9.80 Å². The fraction of sp³-hybridized carbons (Fsp3) is 0.367. The predicted octanol–water partition coefficient (Wildman–Crippen LogP) is 5.75. The number of rotatable bonds is 9. The normalized spacial score (nSPS) is 17.1. The van der Waals surface area contributed by atoms with Crippen molar-refractivity contribution in [2.24, 2.45) is 0 Å². The molecule has 7 nitrogen and oxygen atoms in total. The first-order valence-corrected chi connectivity index (χ1v) is 13.7. The summed E-state index contributed by atoms with van der Waals surface area (Å²) in [6, 6.07) is 11.8. The second kappa shape index (κ2) is 12.8. The SMILES string of the molecule is C=CCc1cc(C=C2SC(=O)N(CC(=O)N3CCCCCC3)C2=O)cc(OC)c1OCc1ccc(C)cc1. The molecule has 2 saturated heterocycles. The number of ether oxygens (including phenoxy) is 2. The zero-order valence-electron chi connectivity index (χ0n) is 22.0. The van der Waals surface area contributed by atoms with Gasteiger partial charge in [-0.05, 0) is 67.3 Å². The lowest BCUT2D eigenvalue weighted by molar-refractivity contribution is -0.135. The van der Waals surface area contributed by atoms with Crippen LogP contribution in [0.5, 0.6) is 11.5 Å². The van der Waals surface area contributed by atoms with E-state index in [1.807, 2.05) is 37.3 Å². The number of thioether (sulfide) groups is 1. The molecule has 2 aromatic carbocycles. The maximum Gasteiger partial charge on any atom is 0.294 e. The van der Waals surface area contributed by atoms with Crippen LogP contribution in [0, 0.1) is 6.92 Å². The number of methoxy groups -OCH3 is 1. The van der Waals surface area contributed by atoms with E-state index in [-0.39, 0.29) is 17.4 Å². The number of carbonyl (C=O) groups excluding carboxylic acids is 3. The quantitative estimate of drug-likeness (QED) is 0.301. The van der Waals surface area contributed by atoms with Crippen LogP contribution in [0.25, 0.3) is 6.08 Å². The minimum absolute atomic E-state index is 0.180. The summed E-state index contributed by atoms with van der Waals surface area (Å²) in [5.74, 6) is 0.507. The summed E-state index contributed by atoms with van der Waals surface area (Å²) in [4.78, 5) is 41.6. The van der Waals surface area contributed by atoms with Gasteiger partial charge in [-0.1, -0.05) is 48.7 Å². The molecule has 0 unspecified atom stereocenters. The Morgan fingerprint density at radius 2 is 1.79 bits per heavy atom. The molecule has 3 amide bonds. The lowest BCUT2D eigenvalue weighted by atomic mass is 10.0. The van der Waals surface area contributed by atoms with Crippen molar-refractivity contribution in [2.45, 2.75) is 45.6 Å². The smallest absolute Gasteiger partial charge is 0.294 e. The lowest BCUT2D eigenvalue weighted by Gasteiger charge is -2.22. The van der Waals surface area contributed by atoms with Crippen LogP contribution in [0.4, 0.5) is 4.79 Å². The van der Waals surface area contributed by atoms with Gasteiger partial charge in [0.05, 0.1) is 12.0 Å². The van der Waals surface area contributed by atoms with Crippen LogP contribution in [-0.2, 0) is 22.6 Å². The van der Waals surface area contributed by atoms with Gasteiger partial charge in [0.25, 0.3) is 11.1 Å². The van der Waals surface area contributed by atoms with E-state index in [2.05, 4.69) is 6.58 Å². The molecule has 38 heavy (non-hydrogen) atoms. The molecular weight excluding hydrogens is 500 g/mol. The van der Waals surface area contributed by atoms with E-state index in [1.165, 1.54) is 5.56 Å². The highest BCUT2D eigenvalue weighted by Gasteiger charge is 2.37. The van der Waals surface area contributed by atoms with Gasteiger partial charge in [-0.15, -0.1) is 6.58 Å². The number of benzene rings is 2. The van der Waals surface area contributed by atoms with Gasteiger partial charge < -0.3 is 14.4 Å². The van der Waals surface area contributed by atoms with Crippen molar-refractivity contribution in [3.63, 3.8) is 0 Å². The summed E-state index contributed by atoms with van der Waals surface area (Å²) in [7, 11) is 1.57. The number of hydrogen-bond donors (Lipinski definition) is 0. The highest BCUT2D eigenvalue weighted by atomic mass is 32.2. The average Bonchev–Trinajstić information content (AvgIpc) is 3.09. The van der Waals surface area contributed by atoms with E-state index >= 15 is 0 Å². The Labute approximate surface area is 228 Å². The number of hydrogen-bond acceptors (Lipinski definition) is 6. The van der Waals surface area contributed by atoms with Gasteiger partial charge in [-0.3, -0.25) is 19.3 Å². The Balaban J connectivity index is 1.53. The second-order valence-electron chi connectivity index (χ2n) is 9.54. The van der Waals surface area contributed by atoms with Crippen LogP contribution >= 0.6 is 11.8 Å². The minimum atomic E-state index is -0.452. The van der Waals surface area contributed by atoms with Crippen LogP contribution < -0.4 is 9.47 Å². The summed E-state index contributed by atoms with van der Waals surface area (Å²) in [5.41, 5.74) is 3.77. The molecule has 8 heteroatoms. The average molecular weight is 535 g/mol. The van der Waals surface area contributed by atoms with Crippen LogP contribution in [-0.4, -0.2) is 53.6 Å². The van der Waals surface area contributed by atoms with E-state index in [9.17, 15) is 14.4 Å². The molecule has 2 aliphatic heterocycles. The Morgan fingerprint density at radius 1 is 1.08 bits per heavy atom. The molecule has 2 heterocycles. The number of imide groups is 1. The predicted molar refractivity (Wildman–Crippen MR) is 150 cm³/mol. The largest absolute Gasteiger partial charge is 0.493 e. The first-order chi connectivity index (χ1) is 18.4. The van der Waals surface area contributed by atoms with E-state index in [0.29, 0.717) is 43.2 Å². The number of amides is 3. The molecule has 0 saturated carbocycles. The van der Waals surface area contributed by atoms with Crippen LogP contribution in [0.15, 0.2) is 54.0 Å². The van der Waals surface area contributed by atoms with E-state index in [4.69, 9.17) is 9.47 Å². The van der Waals surface area contributed by atoms with Crippen molar-refractivity contribution < 1.29 is 23.9 Å². The molecule has 0 radical (unpaired) electrons. The second-order valence-corrected chi connectivity index (χ2v) is 10.5. The van der Waals surface area contributed by atoms with Gasteiger partial charge in [0, 0.05) is 18.7 Å². The Kier molecular flexibility index (Phi) is 9.29. The molecule has 0 atom stereocenters. The van der Waals surface area contributed by atoms with Crippen molar-refractivity contribution in [3.8, 4) is 11.5 Å². The number of carbonyl (C=O) groups is 3. The van der Waals surface area contributed by atoms with Gasteiger partial charge in [-0.25, -0.2) is 0 Å². The summed E-state index contributed by atoms with van der Waals surface area (Å²) in [6.07, 6.45) is 8.08. The molecule has 0 aliphatic carbocycles. The van der Waals surface area contributed by atoms with Gasteiger partial charge in [-0.2, -0.15) is 0 Å². The number of aryl methyl sites for hydroxylation is 1. The van der Waals surface area contributed by atoms with Crippen molar-refractivity contribution in [3.05, 3.63) is 76.2 Å². The molecule has 2 aromatic rings.